The first-order valence-electron chi connectivity index (χ1n) is 10.4. The Morgan fingerprint density at radius 2 is 1.67 bits per heavy atom. The Morgan fingerprint density at radius 1 is 1.03 bits per heavy atom. The highest BCUT2D eigenvalue weighted by Gasteiger charge is 2.18. The van der Waals surface area contributed by atoms with Crippen LogP contribution < -0.4 is 25.3 Å². The second-order valence-corrected chi connectivity index (χ2v) is 7.48. The summed E-state index contributed by atoms with van der Waals surface area (Å²) in [5.74, 6) is -0.185. The molecule has 1 heterocycles. The van der Waals surface area contributed by atoms with Crippen LogP contribution in [0.2, 0.25) is 0 Å². The standard InChI is InChI=1S/C24H28N4O5/c1-15-11-16(2)28(27-15)19-7-5-17(6-8-19)9-10-26-24(30)18-12-20(31-3)23(21(13-18)32-4)33-14-22(25)29/h5-8,11-13H,9-10,14H2,1-4H3,(H2,25,29)(H,26,30). The minimum absolute atomic E-state index is 0.207. The Morgan fingerprint density at radius 3 is 2.18 bits per heavy atom. The molecule has 3 rings (SSSR count). The molecule has 0 atom stereocenters. The maximum Gasteiger partial charge on any atom is 0.255 e. The molecule has 9 heteroatoms. The van der Waals surface area contributed by atoms with Gasteiger partial charge in [-0.2, -0.15) is 5.10 Å². The lowest BCUT2D eigenvalue weighted by Crippen LogP contribution is -2.26. The van der Waals surface area contributed by atoms with Crippen molar-refractivity contribution in [2.45, 2.75) is 20.3 Å². The average molecular weight is 453 g/mol. The Labute approximate surface area is 192 Å². The molecular weight excluding hydrogens is 424 g/mol. The van der Waals surface area contributed by atoms with Crippen molar-refractivity contribution in [1.29, 1.82) is 0 Å². The van der Waals surface area contributed by atoms with Gasteiger partial charge in [0.2, 0.25) is 5.75 Å². The molecule has 3 N–H and O–H groups in total. The first-order chi connectivity index (χ1) is 15.8. The monoisotopic (exact) mass is 452 g/mol. The molecule has 0 bridgehead atoms. The van der Waals surface area contributed by atoms with Crippen LogP contribution in [0, 0.1) is 13.8 Å². The molecule has 0 radical (unpaired) electrons. The summed E-state index contributed by atoms with van der Waals surface area (Å²) in [7, 11) is 2.87. The zero-order chi connectivity index (χ0) is 24.0. The van der Waals surface area contributed by atoms with E-state index >= 15 is 0 Å². The van der Waals surface area contributed by atoms with Crippen molar-refractivity contribution in [3.05, 3.63) is 65.0 Å². The Bertz CT molecular complexity index is 1110. The number of nitrogens with zero attached hydrogens (tertiary/aromatic N) is 2. The van der Waals surface area contributed by atoms with Gasteiger partial charge in [-0.25, -0.2) is 4.68 Å². The topological polar surface area (TPSA) is 118 Å². The number of ether oxygens (including phenoxy) is 3. The van der Waals surface area contributed by atoms with Crippen molar-refractivity contribution in [3.63, 3.8) is 0 Å². The molecule has 9 nitrogen and oxygen atoms in total. The second-order valence-electron chi connectivity index (χ2n) is 7.48. The van der Waals surface area contributed by atoms with Gasteiger partial charge in [0.05, 0.1) is 25.6 Å². The third kappa shape index (κ3) is 5.82. The molecule has 0 saturated carbocycles. The largest absolute Gasteiger partial charge is 0.493 e. The maximum absolute atomic E-state index is 12.7. The number of aromatic nitrogens is 2. The van der Waals surface area contributed by atoms with Gasteiger partial charge in [0.1, 0.15) is 0 Å². The third-order valence-electron chi connectivity index (χ3n) is 4.97. The highest BCUT2D eigenvalue weighted by atomic mass is 16.5. The van der Waals surface area contributed by atoms with Crippen molar-refractivity contribution in [3.8, 4) is 22.9 Å². The van der Waals surface area contributed by atoms with E-state index < -0.39 is 5.91 Å². The molecule has 0 aliphatic carbocycles. The number of methoxy groups -OCH3 is 2. The minimum Gasteiger partial charge on any atom is -0.493 e. The number of carbonyl (C=O) groups is 2. The Balaban J connectivity index is 1.63. The van der Waals surface area contributed by atoms with Crippen molar-refractivity contribution in [1.82, 2.24) is 15.1 Å². The van der Waals surface area contributed by atoms with Crippen LogP contribution in [0.4, 0.5) is 0 Å². The van der Waals surface area contributed by atoms with Gasteiger partial charge in [-0.3, -0.25) is 9.59 Å². The summed E-state index contributed by atoms with van der Waals surface area (Å²) in [4.78, 5) is 23.7. The highest BCUT2D eigenvalue weighted by molar-refractivity contribution is 5.95. The van der Waals surface area contributed by atoms with Gasteiger partial charge < -0.3 is 25.3 Å². The normalized spacial score (nSPS) is 10.5. The van der Waals surface area contributed by atoms with Gasteiger partial charge in [-0.1, -0.05) is 12.1 Å². The molecule has 2 amide bonds. The molecule has 3 aromatic rings. The number of nitrogens with one attached hydrogen (secondary N) is 1. The molecule has 174 valence electrons. The lowest BCUT2D eigenvalue weighted by atomic mass is 10.1. The summed E-state index contributed by atoms with van der Waals surface area (Å²) in [6, 6.07) is 13.1. The Hall–Kier alpha value is -4.01. The number of benzene rings is 2. The van der Waals surface area contributed by atoms with Gasteiger partial charge in [0.25, 0.3) is 11.8 Å². The number of primary amides is 1. The van der Waals surface area contributed by atoms with E-state index in [0.717, 1.165) is 22.6 Å². The summed E-state index contributed by atoms with van der Waals surface area (Å²) >= 11 is 0. The van der Waals surface area contributed by atoms with E-state index in [1.165, 1.54) is 26.4 Å². The van der Waals surface area contributed by atoms with Crippen LogP contribution in [-0.4, -0.2) is 49.0 Å². The minimum atomic E-state index is -0.635. The fourth-order valence-electron chi connectivity index (χ4n) is 3.41. The van der Waals surface area contributed by atoms with E-state index in [-0.39, 0.29) is 29.8 Å². The number of carbonyl (C=O) groups excluding carboxylic acids is 2. The maximum atomic E-state index is 12.7. The fourth-order valence-corrected chi connectivity index (χ4v) is 3.41. The average Bonchev–Trinajstić information content (AvgIpc) is 3.15. The molecule has 0 aliphatic rings. The fraction of sp³-hybridized carbons (Fsp3) is 0.292. The van der Waals surface area contributed by atoms with Crippen LogP contribution in [0.3, 0.4) is 0 Å². The van der Waals surface area contributed by atoms with Crippen molar-refractivity contribution >= 4 is 11.8 Å². The zero-order valence-corrected chi connectivity index (χ0v) is 19.2. The van der Waals surface area contributed by atoms with Crippen molar-refractivity contribution in [2.75, 3.05) is 27.4 Å². The van der Waals surface area contributed by atoms with Crippen molar-refractivity contribution < 1.29 is 23.8 Å². The molecule has 33 heavy (non-hydrogen) atoms. The van der Waals surface area contributed by atoms with E-state index in [1.807, 2.05) is 48.9 Å². The predicted molar refractivity (Wildman–Crippen MR) is 123 cm³/mol. The van der Waals surface area contributed by atoms with Crippen LogP contribution >= 0.6 is 0 Å². The summed E-state index contributed by atoms with van der Waals surface area (Å²) < 4.78 is 17.9. The number of nitrogens with two attached hydrogens (primary N) is 1. The lowest BCUT2D eigenvalue weighted by Gasteiger charge is -2.15. The van der Waals surface area contributed by atoms with Gasteiger partial charge in [0, 0.05) is 17.8 Å². The number of hydrogen-bond acceptors (Lipinski definition) is 6. The lowest BCUT2D eigenvalue weighted by molar-refractivity contribution is -0.120. The second kappa shape index (κ2) is 10.5. The zero-order valence-electron chi connectivity index (χ0n) is 19.2. The van der Waals surface area contributed by atoms with E-state index in [2.05, 4.69) is 10.4 Å². The molecule has 0 fully saturated rings. The quantitative estimate of drug-likeness (QED) is 0.488. The van der Waals surface area contributed by atoms with Gasteiger partial charge >= 0.3 is 0 Å². The third-order valence-corrected chi connectivity index (χ3v) is 4.97. The van der Waals surface area contributed by atoms with E-state index in [0.29, 0.717) is 18.5 Å². The first kappa shape index (κ1) is 23.6. The number of hydrogen-bond donors (Lipinski definition) is 2. The van der Waals surface area contributed by atoms with E-state index in [1.54, 1.807) is 0 Å². The van der Waals surface area contributed by atoms with Gasteiger partial charge in [-0.05, 0) is 56.2 Å². The van der Waals surface area contributed by atoms with Gasteiger partial charge in [0.15, 0.2) is 18.1 Å². The smallest absolute Gasteiger partial charge is 0.255 e. The molecule has 0 aliphatic heterocycles. The SMILES string of the molecule is COc1cc(C(=O)NCCc2ccc(-n3nc(C)cc3C)cc2)cc(OC)c1OCC(N)=O. The van der Waals surface area contributed by atoms with E-state index in [9.17, 15) is 9.59 Å². The van der Waals surface area contributed by atoms with Crippen LogP contribution in [-0.2, 0) is 11.2 Å². The summed E-state index contributed by atoms with van der Waals surface area (Å²) in [5, 5.41) is 7.39. The summed E-state index contributed by atoms with van der Waals surface area (Å²) in [5.41, 5.74) is 9.60. The summed E-state index contributed by atoms with van der Waals surface area (Å²) in [6.45, 7) is 4.09. The molecule has 2 aromatic carbocycles. The van der Waals surface area contributed by atoms with Crippen molar-refractivity contribution in [2.24, 2.45) is 5.73 Å². The predicted octanol–water partition coefficient (Wildman–Crippen LogP) is 2.34. The molecular formula is C24H28N4O5. The van der Waals surface area contributed by atoms with E-state index in [4.69, 9.17) is 19.9 Å². The number of aryl methyl sites for hydroxylation is 2. The highest BCUT2D eigenvalue weighted by Crippen LogP contribution is 2.38. The number of amides is 2. The summed E-state index contributed by atoms with van der Waals surface area (Å²) in [6.07, 6.45) is 0.664. The molecule has 0 saturated heterocycles. The van der Waals surface area contributed by atoms with Crippen LogP contribution in [0.1, 0.15) is 27.3 Å². The Kier molecular flexibility index (Phi) is 7.55. The molecule has 0 unspecified atom stereocenters. The first-order valence-corrected chi connectivity index (χ1v) is 10.4. The van der Waals surface area contributed by atoms with Crippen LogP contribution in [0.5, 0.6) is 17.2 Å². The number of rotatable bonds is 10. The van der Waals surface area contributed by atoms with Crippen LogP contribution in [0.25, 0.3) is 5.69 Å². The van der Waals surface area contributed by atoms with Crippen LogP contribution in [0.15, 0.2) is 42.5 Å². The van der Waals surface area contributed by atoms with Gasteiger partial charge in [-0.15, -0.1) is 0 Å². The molecule has 0 spiro atoms. The molecule has 1 aromatic heterocycles.